The molecule has 42 heavy (non-hydrogen) atoms. The largest absolute Gasteiger partial charge is 0.461 e. The molecule has 5 rings (SSSR count). The zero-order valence-corrected chi connectivity index (χ0v) is 24.5. The summed E-state index contributed by atoms with van der Waals surface area (Å²) in [5.74, 6) is -2.80. The van der Waals surface area contributed by atoms with Crippen LogP contribution >= 0.6 is 0 Å². The molecule has 3 aliphatic rings. The van der Waals surface area contributed by atoms with Crippen LogP contribution in [-0.2, 0) is 30.5 Å². The van der Waals surface area contributed by atoms with Gasteiger partial charge >= 0.3 is 5.97 Å². The Kier molecular flexibility index (Phi) is 8.52. The molecule has 226 valence electrons. The van der Waals surface area contributed by atoms with Crippen LogP contribution in [0.15, 0.2) is 49.6 Å². The standard InChI is InChI=1S/C31H41N5O6/c1-5-15-34(20-36-23-14-10-9-13-22(23)32-33-36)28(39)26-31-19-21(3)30(4,42-31)25(29(40)41-18-6-2)24(31)27(38)35(26)16-11-7-8-12-17-37/h5-6,9-10,13-14,21,24-26,37H,1-2,7-8,11-12,15-20H2,3-4H3/t21?,24-,25-,26?,30+,31?/m0/s1. The van der Waals surface area contributed by atoms with Crippen LogP contribution in [0.4, 0.5) is 0 Å². The highest BCUT2D eigenvalue weighted by Gasteiger charge is 2.80. The average molecular weight is 580 g/mol. The number of rotatable bonds is 14. The number of likely N-dealkylation sites (tertiary alicyclic amines) is 1. The highest BCUT2D eigenvalue weighted by atomic mass is 16.6. The summed E-state index contributed by atoms with van der Waals surface area (Å²) in [6, 6.07) is 6.58. The number of para-hydroxylation sites is 1. The lowest BCUT2D eigenvalue weighted by Gasteiger charge is -2.37. The number of carbonyl (C=O) groups is 3. The third-order valence-electron chi connectivity index (χ3n) is 9.34. The Hall–Kier alpha value is -3.57. The predicted molar refractivity (Wildman–Crippen MR) is 155 cm³/mol. The minimum atomic E-state index is -1.17. The highest BCUT2D eigenvalue weighted by molar-refractivity contribution is 5.98. The molecule has 3 unspecified atom stereocenters. The minimum absolute atomic E-state index is 0.0314. The van der Waals surface area contributed by atoms with Gasteiger partial charge in [-0.3, -0.25) is 14.4 Å². The van der Waals surface area contributed by atoms with Crippen molar-refractivity contribution >= 4 is 28.8 Å². The molecule has 3 saturated heterocycles. The van der Waals surface area contributed by atoms with Crippen LogP contribution in [0, 0.1) is 17.8 Å². The first-order valence-corrected chi connectivity index (χ1v) is 14.8. The Labute approximate surface area is 246 Å². The first-order chi connectivity index (χ1) is 20.2. The van der Waals surface area contributed by atoms with Crippen molar-refractivity contribution in [3.8, 4) is 0 Å². The maximum atomic E-state index is 14.7. The van der Waals surface area contributed by atoms with E-state index in [2.05, 4.69) is 23.5 Å². The Balaban J connectivity index is 1.52. The van der Waals surface area contributed by atoms with Gasteiger partial charge in [-0.15, -0.1) is 11.7 Å². The number of aliphatic hydroxyl groups is 1. The summed E-state index contributed by atoms with van der Waals surface area (Å²) < 4.78 is 13.9. The number of hydrogen-bond donors (Lipinski definition) is 1. The normalized spacial score (nSPS) is 29.6. The van der Waals surface area contributed by atoms with E-state index in [0.717, 1.165) is 18.4 Å². The molecule has 3 aliphatic heterocycles. The van der Waals surface area contributed by atoms with E-state index in [9.17, 15) is 19.5 Å². The SMILES string of the molecule is C=CCOC(=O)[C@@H]1[C@H]2C(=O)N(CCCCCCO)C(C(=O)N(CC=C)Cn3nnc4ccccc43)C23CC(C)[C@@]1(C)O3. The summed E-state index contributed by atoms with van der Waals surface area (Å²) in [7, 11) is 0. The molecule has 0 radical (unpaired) electrons. The molecule has 1 N–H and O–H groups in total. The lowest BCUT2D eigenvalue weighted by atomic mass is 9.62. The van der Waals surface area contributed by atoms with E-state index in [-0.39, 0.29) is 44.2 Å². The van der Waals surface area contributed by atoms with E-state index in [0.29, 0.717) is 31.3 Å². The molecule has 0 aliphatic carbocycles. The monoisotopic (exact) mass is 579 g/mol. The van der Waals surface area contributed by atoms with E-state index < -0.39 is 35.0 Å². The van der Waals surface area contributed by atoms with Gasteiger partial charge in [-0.2, -0.15) is 0 Å². The summed E-state index contributed by atoms with van der Waals surface area (Å²) >= 11 is 0. The molecular weight excluding hydrogens is 538 g/mol. The molecule has 4 heterocycles. The van der Waals surface area contributed by atoms with Crippen molar-refractivity contribution in [1.29, 1.82) is 0 Å². The van der Waals surface area contributed by atoms with Crippen LogP contribution in [-0.4, -0.2) is 91.2 Å². The van der Waals surface area contributed by atoms with Crippen LogP contribution in [0.5, 0.6) is 0 Å². The number of unbranched alkanes of at least 4 members (excludes halogenated alkanes) is 3. The first kappa shape index (κ1) is 29.9. The van der Waals surface area contributed by atoms with Crippen molar-refractivity contribution in [2.75, 3.05) is 26.3 Å². The van der Waals surface area contributed by atoms with Crippen LogP contribution < -0.4 is 0 Å². The zero-order chi connectivity index (χ0) is 30.1. The number of benzene rings is 1. The van der Waals surface area contributed by atoms with E-state index in [1.807, 2.05) is 38.1 Å². The highest BCUT2D eigenvalue weighted by Crippen LogP contribution is 2.65. The van der Waals surface area contributed by atoms with Gasteiger partial charge in [-0.1, -0.05) is 55.8 Å². The fraction of sp³-hybridized carbons (Fsp3) is 0.581. The third-order valence-corrected chi connectivity index (χ3v) is 9.34. The molecule has 2 bridgehead atoms. The van der Waals surface area contributed by atoms with Gasteiger partial charge in [0.05, 0.1) is 17.0 Å². The lowest BCUT2D eigenvalue weighted by molar-refractivity contribution is -0.161. The molecule has 0 saturated carbocycles. The predicted octanol–water partition coefficient (Wildman–Crippen LogP) is 2.70. The summed E-state index contributed by atoms with van der Waals surface area (Å²) in [5.41, 5.74) is -0.629. The van der Waals surface area contributed by atoms with Gasteiger partial charge in [0, 0.05) is 19.7 Å². The maximum absolute atomic E-state index is 14.7. The molecule has 3 fully saturated rings. The van der Waals surface area contributed by atoms with Gasteiger partial charge < -0.3 is 24.4 Å². The molecule has 1 spiro atoms. The third kappa shape index (κ3) is 4.82. The molecule has 1 aromatic carbocycles. The first-order valence-electron chi connectivity index (χ1n) is 14.8. The molecule has 11 heteroatoms. The number of aliphatic hydroxyl groups excluding tert-OH is 1. The van der Waals surface area contributed by atoms with Crippen molar-refractivity contribution in [3.05, 3.63) is 49.6 Å². The lowest BCUT2D eigenvalue weighted by Crippen LogP contribution is -2.56. The fourth-order valence-corrected chi connectivity index (χ4v) is 7.32. The smallest absolute Gasteiger partial charge is 0.313 e. The average Bonchev–Trinajstić information content (AvgIpc) is 3.64. The summed E-state index contributed by atoms with van der Waals surface area (Å²) in [4.78, 5) is 45.6. The summed E-state index contributed by atoms with van der Waals surface area (Å²) in [5, 5.41) is 17.7. The second-order valence-electron chi connectivity index (χ2n) is 11.9. The number of hydrogen-bond acceptors (Lipinski definition) is 8. The van der Waals surface area contributed by atoms with Crippen molar-refractivity contribution in [2.45, 2.75) is 69.9 Å². The number of aromatic nitrogens is 3. The Morgan fingerprint density at radius 3 is 2.71 bits per heavy atom. The van der Waals surface area contributed by atoms with Gasteiger partial charge in [0.15, 0.2) is 0 Å². The Morgan fingerprint density at radius 2 is 1.98 bits per heavy atom. The Morgan fingerprint density at radius 1 is 1.21 bits per heavy atom. The molecule has 2 amide bonds. The van der Waals surface area contributed by atoms with Gasteiger partial charge in [0.2, 0.25) is 11.8 Å². The molecule has 2 aromatic rings. The number of nitrogens with zero attached hydrogens (tertiary/aromatic N) is 5. The number of fused-ring (bicyclic) bond motifs is 2. The number of amides is 2. The van der Waals surface area contributed by atoms with Crippen LogP contribution in [0.1, 0.15) is 46.0 Å². The van der Waals surface area contributed by atoms with Gasteiger partial charge in [0.1, 0.15) is 36.4 Å². The topological polar surface area (TPSA) is 127 Å². The van der Waals surface area contributed by atoms with E-state index in [1.54, 1.807) is 20.6 Å². The second kappa shape index (κ2) is 12.0. The van der Waals surface area contributed by atoms with Crippen LogP contribution in [0.3, 0.4) is 0 Å². The second-order valence-corrected chi connectivity index (χ2v) is 11.9. The van der Waals surface area contributed by atoms with Crippen LogP contribution in [0.2, 0.25) is 0 Å². The number of ether oxygens (including phenoxy) is 2. The summed E-state index contributed by atoms with van der Waals surface area (Å²) in [6.45, 7) is 12.2. The Bertz CT molecular complexity index is 1360. The van der Waals surface area contributed by atoms with Crippen molar-refractivity contribution in [1.82, 2.24) is 24.8 Å². The quantitative estimate of drug-likeness (QED) is 0.206. The van der Waals surface area contributed by atoms with Gasteiger partial charge in [-0.25, -0.2) is 4.68 Å². The maximum Gasteiger partial charge on any atom is 0.313 e. The molecule has 11 nitrogen and oxygen atoms in total. The summed E-state index contributed by atoms with van der Waals surface area (Å²) in [6.07, 6.45) is 6.56. The van der Waals surface area contributed by atoms with E-state index >= 15 is 0 Å². The molecular formula is C31H41N5O6. The zero-order valence-electron chi connectivity index (χ0n) is 24.5. The van der Waals surface area contributed by atoms with Gasteiger partial charge in [-0.05, 0) is 44.2 Å². The minimum Gasteiger partial charge on any atom is -0.461 e. The van der Waals surface area contributed by atoms with E-state index in [4.69, 9.17) is 9.47 Å². The molecule has 6 atom stereocenters. The number of esters is 1. The number of carbonyl (C=O) groups excluding carboxylic acids is 3. The van der Waals surface area contributed by atoms with Crippen molar-refractivity contribution in [2.24, 2.45) is 17.8 Å². The van der Waals surface area contributed by atoms with Gasteiger partial charge in [0.25, 0.3) is 0 Å². The molecule has 1 aromatic heterocycles. The van der Waals surface area contributed by atoms with E-state index in [1.165, 1.54) is 6.08 Å². The van der Waals surface area contributed by atoms with Crippen molar-refractivity contribution in [3.63, 3.8) is 0 Å². The van der Waals surface area contributed by atoms with Crippen LogP contribution in [0.25, 0.3) is 11.0 Å². The fourth-order valence-electron chi connectivity index (χ4n) is 7.32. The van der Waals surface area contributed by atoms with Crippen molar-refractivity contribution < 1.29 is 29.0 Å².